The Morgan fingerprint density at radius 2 is 1.48 bits per heavy atom. The summed E-state index contributed by atoms with van der Waals surface area (Å²) in [6, 6.07) is 0. The van der Waals surface area contributed by atoms with Crippen LogP contribution in [-0.2, 0) is 14.3 Å². The van der Waals surface area contributed by atoms with Gasteiger partial charge in [-0.05, 0) is 32.6 Å². The first-order valence-corrected chi connectivity index (χ1v) is 10.1. The van der Waals surface area contributed by atoms with Crippen molar-refractivity contribution in [1.29, 1.82) is 0 Å². The number of hydrogen-bond acceptors (Lipinski definition) is 3. The highest BCUT2D eigenvalue weighted by Gasteiger charge is 2.35. The fourth-order valence-electron chi connectivity index (χ4n) is 3.43. The third-order valence-corrected chi connectivity index (χ3v) is 5.08. The second-order valence-electron chi connectivity index (χ2n) is 7.36. The van der Waals surface area contributed by atoms with Gasteiger partial charge in [0, 0.05) is 0 Å². The van der Waals surface area contributed by atoms with Crippen LogP contribution in [0, 0.1) is 11.8 Å². The summed E-state index contributed by atoms with van der Waals surface area (Å²) in [4.78, 5) is 23.5. The predicted molar refractivity (Wildman–Crippen MR) is 100 cm³/mol. The number of carbonyl (C=O) groups is 2. The molecule has 0 aliphatic heterocycles. The number of carboxylic acid groups (broad SMARTS) is 1. The molecule has 3 atom stereocenters. The first-order valence-electron chi connectivity index (χ1n) is 10.1. The largest absolute Gasteiger partial charge is 0.481 e. The van der Waals surface area contributed by atoms with E-state index in [0.717, 1.165) is 12.8 Å². The van der Waals surface area contributed by atoms with Crippen molar-refractivity contribution in [2.75, 3.05) is 0 Å². The van der Waals surface area contributed by atoms with Crippen molar-refractivity contribution in [3.63, 3.8) is 0 Å². The van der Waals surface area contributed by atoms with E-state index in [-0.39, 0.29) is 12.1 Å². The zero-order chi connectivity index (χ0) is 18.5. The van der Waals surface area contributed by atoms with Crippen molar-refractivity contribution >= 4 is 11.9 Å². The molecule has 144 valence electrons. The molecule has 1 rings (SSSR count). The van der Waals surface area contributed by atoms with Crippen molar-refractivity contribution in [3.05, 3.63) is 12.2 Å². The Labute approximate surface area is 153 Å². The second-order valence-corrected chi connectivity index (χ2v) is 7.36. The second kappa shape index (κ2) is 13.0. The molecule has 0 bridgehead atoms. The Hall–Kier alpha value is -1.32. The molecular weight excluding hydrogens is 316 g/mol. The van der Waals surface area contributed by atoms with Gasteiger partial charge in [-0.25, -0.2) is 0 Å². The summed E-state index contributed by atoms with van der Waals surface area (Å²) in [6.45, 7) is 4.15. The summed E-state index contributed by atoms with van der Waals surface area (Å²) < 4.78 is 5.51. The molecule has 0 saturated heterocycles. The van der Waals surface area contributed by atoms with Crippen molar-refractivity contribution in [2.24, 2.45) is 11.8 Å². The van der Waals surface area contributed by atoms with E-state index in [2.05, 4.69) is 6.92 Å². The molecule has 0 saturated carbocycles. The van der Waals surface area contributed by atoms with E-state index in [0.29, 0.717) is 12.8 Å². The topological polar surface area (TPSA) is 63.6 Å². The van der Waals surface area contributed by atoms with Crippen molar-refractivity contribution in [1.82, 2.24) is 0 Å². The predicted octanol–water partition coefficient (Wildman–Crippen LogP) is 5.51. The van der Waals surface area contributed by atoms with Gasteiger partial charge in [0.25, 0.3) is 0 Å². The number of esters is 1. The molecule has 0 aromatic rings. The van der Waals surface area contributed by atoms with Crippen molar-refractivity contribution in [2.45, 2.75) is 97.0 Å². The molecule has 4 nitrogen and oxygen atoms in total. The molecule has 0 radical (unpaired) electrons. The van der Waals surface area contributed by atoms with Crippen LogP contribution >= 0.6 is 0 Å². The summed E-state index contributed by atoms with van der Waals surface area (Å²) in [5, 5.41) is 9.24. The average molecular weight is 353 g/mol. The maximum Gasteiger partial charge on any atom is 0.310 e. The van der Waals surface area contributed by atoms with E-state index >= 15 is 0 Å². The minimum Gasteiger partial charge on any atom is -0.481 e. The lowest BCUT2D eigenvalue weighted by Gasteiger charge is -2.25. The third kappa shape index (κ3) is 9.08. The van der Waals surface area contributed by atoms with E-state index in [4.69, 9.17) is 4.74 Å². The minimum atomic E-state index is -0.905. The van der Waals surface area contributed by atoms with Gasteiger partial charge in [0.1, 0.15) is 0 Å². The number of carboxylic acids is 1. The molecule has 1 N–H and O–H groups in total. The molecule has 3 unspecified atom stereocenters. The summed E-state index contributed by atoms with van der Waals surface area (Å²) in [5.74, 6) is -2.43. The Balaban J connectivity index is 2.13. The van der Waals surface area contributed by atoms with Gasteiger partial charge < -0.3 is 9.84 Å². The normalized spacial score (nSPS) is 21.0. The van der Waals surface area contributed by atoms with Gasteiger partial charge in [-0.1, -0.05) is 70.4 Å². The van der Waals surface area contributed by atoms with Crippen LogP contribution < -0.4 is 0 Å². The Morgan fingerprint density at radius 3 is 2.04 bits per heavy atom. The molecule has 0 aromatic carbocycles. The van der Waals surface area contributed by atoms with Crippen LogP contribution in [0.1, 0.15) is 90.9 Å². The van der Waals surface area contributed by atoms with Crippen LogP contribution in [0.5, 0.6) is 0 Å². The van der Waals surface area contributed by atoms with Crippen LogP contribution in [0.3, 0.4) is 0 Å². The molecule has 4 heteroatoms. The Morgan fingerprint density at radius 1 is 0.960 bits per heavy atom. The lowest BCUT2D eigenvalue weighted by molar-refractivity contribution is -0.161. The molecule has 1 aliphatic rings. The fourth-order valence-corrected chi connectivity index (χ4v) is 3.43. The van der Waals surface area contributed by atoms with Crippen LogP contribution in [0.25, 0.3) is 0 Å². The Kier molecular flexibility index (Phi) is 11.3. The maximum atomic E-state index is 12.3. The summed E-state index contributed by atoms with van der Waals surface area (Å²) in [7, 11) is 0. The van der Waals surface area contributed by atoms with E-state index in [1.807, 2.05) is 19.1 Å². The highest BCUT2D eigenvalue weighted by atomic mass is 16.5. The lowest BCUT2D eigenvalue weighted by atomic mass is 9.83. The molecule has 0 amide bonds. The number of ether oxygens (including phenoxy) is 1. The number of carbonyl (C=O) groups excluding carboxylic acids is 1. The minimum absolute atomic E-state index is 0.127. The molecule has 25 heavy (non-hydrogen) atoms. The van der Waals surface area contributed by atoms with Crippen molar-refractivity contribution in [3.8, 4) is 0 Å². The zero-order valence-electron chi connectivity index (χ0n) is 16.0. The van der Waals surface area contributed by atoms with Gasteiger partial charge in [-0.3, -0.25) is 9.59 Å². The van der Waals surface area contributed by atoms with Crippen LogP contribution in [0.15, 0.2) is 12.2 Å². The first-order chi connectivity index (χ1) is 12.1. The number of unbranched alkanes of at least 4 members (excludes halogenated alkanes) is 8. The SMILES string of the molecule is CCCCCCCCCCCC(C)OC(=O)C1CC=CCC1C(=O)O. The monoisotopic (exact) mass is 352 g/mol. The Bertz CT molecular complexity index is 416. The number of allylic oxidation sites excluding steroid dienone is 2. The summed E-state index contributed by atoms with van der Waals surface area (Å²) in [5.41, 5.74) is 0. The van der Waals surface area contributed by atoms with Gasteiger partial charge in [0.2, 0.25) is 0 Å². The van der Waals surface area contributed by atoms with Gasteiger partial charge in [-0.15, -0.1) is 0 Å². The number of rotatable bonds is 13. The number of hydrogen-bond donors (Lipinski definition) is 1. The maximum absolute atomic E-state index is 12.3. The van der Waals surface area contributed by atoms with Gasteiger partial charge in [-0.2, -0.15) is 0 Å². The lowest BCUT2D eigenvalue weighted by Crippen LogP contribution is -2.33. The molecule has 1 aliphatic carbocycles. The summed E-state index contributed by atoms with van der Waals surface area (Å²) in [6.07, 6.45) is 16.8. The standard InChI is InChI=1S/C21H36O4/c1-3-4-5-6-7-8-9-10-11-14-17(2)25-21(24)19-16-13-12-15-18(19)20(22)23/h12-13,17-19H,3-11,14-16H2,1-2H3,(H,22,23). The van der Waals surface area contributed by atoms with E-state index in [9.17, 15) is 14.7 Å². The van der Waals surface area contributed by atoms with Crippen LogP contribution in [0.2, 0.25) is 0 Å². The van der Waals surface area contributed by atoms with Gasteiger partial charge in [0.05, 0.1) is 17.9 Å². The fraction of sp³-hybridized carbons (Fsp3) is 0.810. The van der Waals surface area contributed by atoms with Crippen LogP contribution in [0.4, 0.5) is 0 Å². The van der Waals surface area contributed by atoms with E-state index in [1.165, 1.54) is 51.4 Å². The molecule has 0 fully saturated rings. The molecule has 0 spiro atoms. The zero-order valence-corrected chi connectivity index (χ0v) is 16.0. The summed E-state index contributed by atoms with van der Waals surface area (Å²) >= 11 is 0. The van der Waals surface area contributed by atoms with Crippen molar-refractivity contribution < 1.29 is 19.4 Å². The highest BCUT2D eigenvalue weighted by molar-refractivity contribution is 5.81. The highest BCUT2D eigenvalue weighted by Crippen LogP contribution is 2.27. The molecule has 0 aromatic heterocycles. The first kappa shape index (κ1) is 21.7. The van der Waals surface area contributed by atoms with Gasteiger partial charge >= 0.3 is 11.9 Å². The quantitative estimate of drug-likeness (QED) is 0.270. The number of aliphatic carboxylic acids is 1. The molecule has 0 heterocycles. The van der Waals surface area contributed by atoms with E-state index in [1.54, 1.807) is 0 Å². The van der Waals surface area contributed by atoms with E-state index < -0.39 is 17.8 Å². The average Bonchev–Trinajstić information content (AvgIpc) is 2.60. The third-order valence-electron chi connectivity index (χ3n) is 5.08. The van der Waals surface area contributed by atoms with Crippen LogP contribution in [-0.4, -0.2) is 23.1 Å². The molecular formula is C21H36O4. The van der Waals surface area contributed by atoms with Gasteiger partial charge in [0.15, 0.2) is 0 Å². The smallest absolute Gasteiger partial charge is 0.310 e.